The maximum atomic E-state index is 11.8. The number of anilines is 1. The number of nitrogens with zero attached hydrogens (tertiary/aromatic N) is 2. The Balaban J connectivity index is 2.07. The van der Waals surface area contributed by atoms with Crippen molar-refractivity contribution in [3.05, 3.63) is 22.7 Å². The van der Waals surface area contributed by atoms with Crippen LogP contribution in [0.4, 0.5) is 5.82 Å². The Kier molecular flexibility index (Phi) is 2.96. The van der Waals surface area contributed by atoms with Crippen LogP contribution in [-0.4, -0.2) is 22.6 Å². The highest BCUT2D eigenvalue weighted by Crippen LogP contribution is 2.44. The second-order valence-electron chi connectivity index (χ2n) is 4.42. The predicted molar refractivity (Wildman–Crippen MR) is 63.4 cm³/mol. The highest BCUT2D eigenvalue weighted by Gasteiger charge is 2.41. The van der Waals surface area contributed by atoms with Crippen molar-refractivity contribution in [2.24, 2.45) is 11.1 Å². The SMILES string of the molecule is CCn1ccnc(NCC2(CN)CC2)c1=O. The number of nitrogens with one attached hydrogen (secondary N) is 1. The molecule has 1 fully saturated rings. The number of nitrogens with two attached hydrogens (primary N) is 1. The van der Waals surface area contributed by atoms with Gasteiger partial charge in [0.25, 0.3) is 5.56 Å². The van der Waals surface area contributed by atoms with Gasteiger partial charge in [-0.3, -0.25) is 4.79 Å². The molecule has 1 aliphatic carbocycles. The maximum Gasteiger partial charge on any atom is 0.293 e. The number of aryl methyl sites for hydroxylation is 1. The molecule has 1 aromatic rings. The minimum Gasteiger partial charge on any atom is -0.365 e. The van der Waals surface area contributed by atoms with E-state index in [1.54, 1.807) is 17.0 Å². The van der Waals surface area contributed by atoms with Gasteiger partial charge >= 0.3 is 0 Å². The lowest BCUT2D eigenvalue weighted by atomic mass is 10.1. The van der Waals surface area contributed by atoms with Crippen LogP contribution in [-0.2, 0) is 6.54 Å². The third kappa shape index (κ3) is 2.09. The van der Waals surface area contributed by atoms with Crippen molar-refractivity contribution in [1.29, 1.82) is 0 Å². The van der Waals surface area contributed by atoms with Crippen LogP contribution < -0.4 is 16.6 Å². The van der Waals surface area contributed by atoms with E-state index in [9.17, 15) is 4.79 Å². The van der Waals surface area contributed by atoms with Gasteiger partial charge in [-0.1, -0.05) is 0 Å². The van der Waals surface area contributed by atoms with Gasteiger partial charge in [-0.2, -0.15) is 0 Å². The summed E-state index contributed by atoms with van der Waals surface area (Å²) >= 11 is 0. The molecule has 16 heavy (non-hydrogen) atoms. The zero-order chi connectivity index (χ0) is 11.6. The minimum atomic E-state index is -0.0576. The van der Waals surface area contributed by atoms with Gasteiger partial charge in [-0.05, 0) is 31.7 Å². The van der Waals surface area contributed by atoms with Crippen LogP contribution in [0, 0.1) is 5.41 Å². The zero-order valence-corrected chi connectivity index (χ0v) is 9.57. The summed E-state index contributed by atoms with van der Waals surface area (Å²) in [4.78, 5) is 15.9. The molecule has 1 aromatic heterocycles. The smallest absolute Gasteiger partial charge is 0.293 e. The molecule has 2 rings (SSSR count). The van der Waals surface area contributed by atoms with E-state index in [0.717, 1.165) is 19.4 Å². The molecule has 0 bridgehead atoms. The van der Waals surface area contributed by atoms with Gasteiger partial charge in [0.1, 0.15) is 0 Å². The van der Waals surface area contributed by atoms with Crippen molar-refractivity contribution in [1.82, 2.24) is 9.55 Å². The van der Waals surface area contributed by atoms with Gasteiger partial charge in [-0.25, -0.2) is 4.98 Å². The third-order valence-electron chi connectivity index (χ3n) is 3.28. The standard InChI is InChI=1S/C11H18N4O/c1-2-15-6-5-13-9(10(15)16)14-8-11(7-12)3-4-11/h5-6H,2-4,7-8,12H2,1H3,(H,13,14). The normalized spacial score (nSPS) is 17.1. The van der Waals surface area contributed by atoms with Gasteiger partial charge < -0.3 is 15.6 Å². The number of hydrogen-bond acceptors (Lipinski definition) is 4. The summed E-state index contributed by atoms with van der Waals surface area (Å²) in [6, 6.07) is 0. The van der Waals surface area contributed by atoms with E-state index in [0.29, 0.717) is 18.9 Å². The summed E-state index contributed by atoms with van der Waals surface area (Å²) in [5, 5.41) is 3.12. The number of aromatic nitrogens is 2. The Morgan fingerprint density at radius 3 is 2.94 bits per heavy atom. The van der Waals surface area contributed by atoms with Crippen LogP contribution in [0.5, 0.6) is 0 Å². The van der Waals surface area contributed by atoms with Crippen LogP contribution in [0.25, 0.3) is 0 Å². The molecule has 0 aromatic carbocycles. The second kappa shape index (κ2) is 4.25. The van der Waals surface area contributed by atoms with Gasteiger partial charge in [0.2, 0.25) is 0 Å². The molecule has 0 amide bonds. The van der Waals surface area contributed by atoms with E-state index in [4.69, 9.17) is 5.73 Å². The molecule has 1 saturated carbocycles. The van der Waals surface area contributed by atoms with Crippen LogP contribution >= 0.6 is 0 Å². The van der Waals surface area contributed by atoms with E-state index in [1.807, 2.05) is 6.92 Å². The van der Waals surface area contributed by atoms with Gasteiger partial charge in [0.05, 0.1) is 0 Å². The molecule has 0 aliphatic heterocycles. The Bertz CT molecular complexity index is 422. The van der Waals surface area contributed by atoms with E-state index in [-0.39, 0.29) is 11.0 Å². The lowest BCUT2D eigenvalue weighted by molar-refractivity contribution is 0.553. The summed E-state index contributed by atoms with van der Waals surface area (Å²) < 4.78 is 1.64. The first-order valence-corrected chi connectivity index (χ1v) is 5.70. The number of hydrogen-bond donors (Lipinski definition) is 2. The molecule has 0 unspecified atom stereocenters. The quantitative estimate of drug-likeness (QED) is 0.757. The Morgan fingerprint density at radius 2 is 2.38 bits per heavy atom. The highest BCUT2D eigenvalue weighted by molar-refractivity contribution is 5.31. The zero-order valence-electron chi connectivity index (χ0n) is 9.57. The van der Waals surface area contributed by atoms with E-state index < -0.39 is 0 Å². The third-order valence-corrected chi connectivity index (χ3v) is 3.28. The molecule has 0 spiro atoms. The Hall–Kier alpha value is -1.36. The molecule has 88 valence electrons. The molecule has 1 heterocycles. The Labute approximate surface area is 94.7 Å². The molecule has 5 nitrogen and oxygen atoms in total. The fourth-order valence-corrected chi connectivity index (χ4v) is 1.72. The van der Waals surface area contributed by atoms with E-state index >= 15 is 0 Å². The highest BCUT2D eigenvalue weighted by atomic mass is 16.1. The first kappa shape index (κ1) is 11.1. The molecular weight excluding hydrogens is 204 g/mol. The fraction of sp³-hybridized carbons (Fsp3) is 0.636. The molecular formula is C11H18N4O. The molecule has 0 saturated heterocycles. The van der Waals surface area contributed by atoms with E-state index in [2.05, 4.69) is 10.3 Å². The summed E-state index contributed by atoms with van der Waals surface area (Å²) in [5.41, 5.74) is 5.84. The average Bonchev–Trinajstić information content (AvgIpc) is 3.08. The van der Waals surface area contributed by atoms with Crippen LogP contribution in [0.1, 0.15) is 19.8 Å². The Morgan fingerprint density at radius 1 is 1.62 bits per heavy atom. The largest absolute Gasteiger partial charge is 0.365 e. The molecule has 1 aliphatic rings. The lowest BCUT2D eigenvalue weighted by Crippen LogP contribution is -2.29. The molecule has 0 radical (unpaired) electrons. The van der Waals surface area contributed by atoms with Gasteiger partial charge in [0.15, 0.2) is 5.82 Å². The first-order valence-electron chi connectivity index (χ1n) is 5.70. The van der Waals surface area contributed by atoms with Crippen LogP contribution in [0.3, 0.4) is 0 Å². The van der Waals surface area contributed by atoms with Crippen LogP contribution in [0.15, 0.2) is 17.2 Å². The molecule has 5 heteroatoms. The van der Waals surface area contributed by atoms with Crippen molar-refractivity contribution in [3.8, 4) is 0 Å². The topological polar surface area (TPSA) is 72.9 Å². The molecule has 0 atom stereocenters. The summed E-state index contributed by atoms with van der Waals surface area (Å²) in [5.74, 6) is 0.434. The van der Waals surface area contributed by atoms with Crippen molar-refractivity contribution in [2.75, 3.05) is 18.4 Å². The van der Waals surface area contributed by atoms with Crippen LogP contribution in [0.2, 0.25) is 0 Å². The minimum absolute atomic E-state index is 0.0576. The second-order valence-corrected chi connectivity index (χ2v) is 4.42. The van der Waals surface area contributed by atoms with Crippen molar-refractivity contribution in [2.45, 2.75) is 26.3 Å². The predicted octanol–water partition coefficient (Wildman–Crippen LogP) is 0.414. The monoisotopic (exact) mass is 222 g/mol. The number of rotatable bonds is 5. The van der Waals surface area contributed by atoms with Gasteiger partial charge in [0, 0.05) is 25.5 Å². The lowest BCUT2D eigenvalue weighted by Gasteiger charge is -2.13. The average molecular weight is 222 g/mol. The van der Waals surface area contributed by atoms with Crippen molar-refractivity contribution in [3.63, 3.8) is 0 Å². The summed E-state index contributed by atoms with van der Waals surface area (Å²) in [7, 11) is 0. The van der Waals surface area contributed by atoms with Crippen molar-refractivity contribution >= 4 is 5.82 Å². The van der Waals surface area contributed by atoms with Crippen molar-refractivity contribution < 1.29 is 0 Å². The first-order chi connectivity index (χ1) is 7.71. The van der Waals surface area contributed by atoms with E-state index in [1.165, 1.54) is 0 Å². The maximum absolute atomic E-state index is 11.8. The van der Waals surface area contributed by atoms with Gasteiger partial charge in [-0.15, -0.1) is 0 Å². The molecule has 3 N–H and O–H groups in total. The summed E-state index contributed by atoms with van der Waals surface area (Å²) in [6.45, 7) is 4.03. The fourth-order valence-electron chi connectivity index (χ4n) is 1.72. The summed E-state index contributed by atoms with van der Waals surface area (Å²) in [6.07, 6.45) is 5.63.